The second kappa shape index (κ2) is 15.0. The van der Waals surface area contributed by atoms with Crippen molar-refractivity contribution in [2.45, 2.75) is 160 Å². The Labute approximate surface area is 303 Å². The SMILES string of the molecule is CC(C)N1Cc2ccccc2C(C(O)(C2CCCCC2)C2CCCCC2)C1.CN1Cc2ccccc2C(C2(C3(C(=O)O)CC3)CCCCC2)C1. The van der Waals surface area contributed by atoms with Crippen molar-refractivity contribution >= 4 is 5.97 Å². The van der Waals surface area contributed by atoms with E-state index in [1.54, 1.807) is 0 Å². The van der Waals surface area contributed by atoms with Gasteiger partial charge >= 0.3 is 5.97 Å². The molecular weight excluding hydrogens is 617 g/mol. The number of carboxylic acids is 1. The van der Waals surface area contributed by atoms with E-state index in [0.29, 0.717) is 23.8 Å². The van der Waals surface area contributed by atoms with E-state index in [0.717, 1.165) is 51.9 Å². The smallest absolute Gasteiger partial charge is 0.310 e. The molecule has 2 N–H and O–H groups in total. The third-order valence-corrected chi connectivity index (χ3v) is 14.9. The molecule has 0 radical (unpaired) electrons. The van der Waals surface area contributed by atoms with Crippen molar-refractivity contribution in [3.8, 4) is 0 Å². The lowest BCUT2D eigenvalue weighted by Crippen LogP contribution is -2.56. The van der Waals surface area contributed by atoms with E-state index in [1.807, 2.05) is 0 Å². The third kappa shape index (κ3) is 6.62. The van der Waals surface area contributed by atoms with E-state index in [2.05, 4.69) is 79.2 Å². The van der Waals surface area contributed by atoms with Crippen LogP contribution >= 0.6 is 0 Å². The number of carboxylic acid groups (broad SMARTS) is 1. The highest BCUT2D eigenvalue weighted by Gasteiger charge is 2.67. The first kappa shape index (κ1) is 36.2. The summed E-state index contributed by atoms with van der Waals surface area (Å²) in [5.41, 5.74) is 4.72. The highest BCUT2D eigenvalue weighted by atomic mass is 16.4. The van der Waals surface area contributed by atoms with Crippen molar-refractivity contribution in [1.29, 1.82) is 0 Å². The monoisotopic (exact) mass is 683 g/mol. The van der Waals surface area contributed by atoms with Gasteiger partial charge in [0.2, 0.25) is 0 Å². The Morgan fingerprint density at radius 3 is 1.78 bits per heavy atom. The summed E-state index contributed by atoms with van der Waals surface area (Å²) in [5.74, 6) is 1.08. The summed E-state index contributed by atoms with van der Waals surface area (Å²) < 4.78 is 0. The number of hydrogen-bond donors (Lipinski definition) is 2. The number of carbonyl (C=O) groups is 1. The molecule has 274 valence electrons. The summed E-state index contributed by atoms with van der Waals surface area (Å²) in [5, 5.41) is 22.7. The minimum Gasteiger partial charge on any atom is -0.481 e. The number of fused-ring (bicyclic) bond motifs is 2. The van der Waals surface area contributed by atoms with E-state index >= 15 is 0 Å². The van der Waals surface area contributed by atoms with Crippen LogP contribution < -0.4 is 0 Å². The fraction of sp³-hybridized carbons (Fsp3) is 0.711. The lowest BCUT2D eigenvalue weighted by atomic mass is 9.54. The maximum Gasteiger partial charge on any atom is 0.310 e. The highest BCUT2D eigenvalue weighted by molar-refractivity contribution is 5.79. The highest BCUT2D eigenvalue weighted by Crippen LogP contribution is 2.69. The Hall–Kier alpha value is -2.21. The van der Waals surface area contributed by atoms with Crippen molar-refractivity contribution < 1.29 is 15.0 Å². The maximum atomic E-state index is 12.6. The van der Waals surface area contributed by atoms with Crippen molar-refractivity contribution in [3.63, 3.8) is 0 Å². The van der Waals surface area contributed by atoms with Crippen LogP contribution in [0.2, 0.25) is 0 Å². The lowest BCUT2D eigenvalue weighted by molar-refractivity contribution is -0.152. The number of aliphatic carboxylic acids is 1. The van der Waals surface area contributed by atoms with Crippen molar-refractivity contribution in [1.82, 2.24) is 9.80 Å². The molecule has 0 saturated heterocycles. The largest absolute Gasteiger partial charge is 0.481 e. The average molecular weight is 683 g/mol. The van der Waals surface area contributed by atoms with Gasteiger partial charge in [0, 0.05) is 44.1 Å². The minimum absolute atomic E-state index is 0.0398. The lowest BCUT2D eigenvalue weighted by Gasteiger charge is -2.53. The summed E-state index contributed by atoms with van der Waals surface area (Å²) in [4.78, 5) is 17.2. The van der Waals surface area contributed by atoms with E-state index in [-0.39, 0.29) is 11.3 Å². The molecule has 4 fully saturated rings. The van der Waals surface area contributed by atoms with Gasteiger partial charge in [-0.25, -0.2) is 0 Å². The first-order valence-electron chi connectivity index (χ1n) is 20.7. The molecular formula is C45H66N2O3. The molecule has 2 unspecified atom stereocenters. The average Bonchev–Trinajstić information content (AvgIpc) is 3.98. The fourth-order valence-corrected chi connectivity index (χ4v) is 12.1. The van der Waals surface area contributed by atoms with Crippen LogP contribution in [-0.4, -0.2) is 57.8 Å². The Balaban J connectivity index is 0.000000159. The number of hydrogen-bond acceptors (Lipinski definition) is 4. The second-order valence-corrected chi connectivity index (χ2v) is 17.9. The molecule has 2 aromatic rings. The molecule has 0 aromatic heterocycles. The number of benzene rings is 2. The number of nitrogens with zero attached hydrogens (tertiary/aromatic N) is 2. The Morgan fingerprint density at radius 1 is 0.720 bits per heavy atom. The van der Waals surface area contributed by atoms with Gasteiger partial charge in [0.1, 0.15) is 0 Å². The number of aliphatic hydroxyl groups is 1. The quantitative estimate of drug-likeness (QED) is 0.304. The van der Waals surface area contributed by atoms with E-state index in [9.17, 15) is 15.0 Å². The number of rotatable bonds is 7. The van der Waals surface area contributed by atoms with E-state index in [4.69, 9.17) is 0 Å². The van der Waals surface area contributed by atoms with Gasteiger partial charge in [-0.05, 0) is 112 Å². The molecule has 0 spiro atoms. The maximum absolute atomic E-state index is 12.6. The van der Waals surface area contributed by atoms with Crippen LogP contribution in [0.5, 0.6) is 0 Å². The van der Waals surface area contributed by atoms with Crippen LogP contribution in [0.25, 0.3) is 0 Å². The molecule has 0 amide bonds. The zero-order valence-corrected chi connectivity index (χ0v) is 31.6. The third-order valence-electron chi connectivity index (χ3n) is 14.9. The van der Waals surface area contributed by atoms with E-state index in [1.165, 1.54) is 106 Å². The van der Waals surface area contributed by atoms with Gasteiger partial charge < -0.3 is 15.1 Å². The summed E-state index contributed by atoms with van der Waals surface area (Å²) in [6.45, 7) is 8.68. The minimum atomic E-state index is -0.537. The van der Waals surface area contributed by atoms with Crippen LogP contribution in [0.3, 0.4) is 0 Å². The van der Waals surface area contributed by atoms with Gasteiger partial charge in [-0.3, -0.25) is 9.69 Å². The fourth-order valence-electron chi connectivity index (χ4n) is 12.1. The van der Waals surface area contributed by atoms with Gasteiger partial charge in [0.05, 0.1) is 11.0 Å². The van der Waals surface area contributed by atoms with Gasteiger partial charge in [0.25, 0.3) is 0 Å². The molecule has 6 aliphatic rings. The van der Waals surface area contributed by atoms with Gasteiger partial charge in [-0.15, -0.1) is 0 Å². The zero-order valence-electron chi connectivity index (χ0n) is 31.6. The van der Waals surface area contributed by atoms with Gasteiger partial charge in [-0.1, -0.05) is 106 Å². The Morgan fingerprint density at radius 2 is 1.24 bits per heavy atom. The van der Waals surface area contributed by atoms with Crippen molar-refractivity contribution in [2.24, 2.45) is 22.7 Å². The van der Waals surface area contributed by atoms with Crippen molar-refractivity contribution in [3.05, 3.63) is 70.8 Å². The molecule has 4 saturated carbocycles. The molecule has 5 heteroatoms. The van der Waals surface area contributed by atoms with E-state index < -0.39 is 17.0 Å². The molecule has 2 atom stereocenters. The first-order valence-corrected chi connectivity index (χ1v) is 20.7. The summed E-state index contributed by atoms with van der Waals surface area (Å²) in [6, 6.07) is 18.3. The second-order valence-electron chi connectivity index (χ2n) is 17.9. The topological polar surface area (TPSA) is 64.0 Å². The molecule has 4 aliphatic carbocycles. The molecule has 5 nitrogen and oxygen atoms in total. The van der Waals surface area contributed by atoms with Gasteiger partial charge in [-0.2, -0.15) is 0 Å². The Kier molecular flexibility index (Phi) is 10.9. The first-order chi connectivity index (χ1) is 24.2. The molecule has 2 aliphatic heterocycles. The predicted octanol–water partition coefficient (Wildman–Crippen LogP) is 9.92. The van der Waals surface area contributed by atoms with Crippen LogP contribution in [-0.2, 0) is 17.9 Å². The van der Waals surface area contributed by atoms with Crippen LogP contribution in [0.1, 0.15) is 157 Å². The Bertz CT molecular complexity index is 1430. The molecule has 0 bridgehead atoms. The summed E-state index contributed by atoms with van der Waals surface area (Å²) in [6.07, 6.45) is 20.5. The molecule has 8 rings (SSSR count). The summed E-state index contributed by atoms with van der Waals surface area (Å²) >= 11 is 0. The zero-order chi connectivity index (χ0) is 34.9. The molecule has 2 aromatic carbocycles. The van der Waals surface area contributed by atoms with Gasteiger partial charge in [0.15, 0.2) is 0 Å². The predicted molar refractivity (Wildman–Crippen MR) is 203 cm³/mol. The summed E-state index contributed by atoms with van der Waals surface area (Å²) in [7, 11) is 2.18. The molecule has 2 heterocycles. The number of likely N-dealkylation sites (N-methyl/N-ethyl adjacent to an activating group) is 1. The normalized spacial score (nSPS) is 27.5. The standard InChI is InChI=1S/C25H39NO.C20H27NO2/c1-19(2)26-17-20-11-9-10-16-23(20)24(18-26)25(27,21-12-5-3-6-13-21)22-14-7-4-8-15-22;1-21-13-15-7-3-4-8-16(15)17(14-21)19(9-5-2-6-10-19)20(11-12-20)18(22)23/h9-11,16,19,21-22,24,27H,3-8,12-15,17-18H2,1-2H3;3-4,7-8,17H,2,5-6,9-14H2,1H3,(H,22,23). The molecule has 50 heavy (non-hydrogen) atoms. The van der Waals surface area contributed by atoms with Crippen molar-refractivity contribution in [2.75, 3.05) is 20.1 Å². The van der Waals surface area contributed by atoms with Crippen LogP contribution in [0, 0.1) is 22.7 Å². The van der Waals surface area contributed by atoms with Crippen LogP contribution in [0.15, 0.2) is 48.5 Å². The van der Waals surface area contributed by atoms with Crippen LogP contribution in [0.4, 0.5) is 0 Å².